The third-order valence-electron chi connectivity index (χ3n) is 3.90. The Morgan fingerprint density at radius 3 is 2.62 bits per heavy atom. The monoisotopic (exact) mass is 294 g/mol. The maximum atomic E-state index is 13.8. The normalized spacial score (nSPS) is 12.7. The van der Waals surface area contributed by atoms with Gasteiger partial charge in [0.15, 0.2) is 11.6 Å². The van der Waals surface area contributed by atoms with E-state index < -0.39 is 17.7 Å². The fourth-order valence-corrected chi connectivity index (χ4v) is 2.59. The second-order valence-electron chi connectivity index (χ2n) is 5.17. The van der Waals surface area contributed by atoms with Gasteiger partial charge in [-0.1, -0.05) is 12.1 Å². The molecule has 1 heterocycles. The topological polar surface area (TPSA) is 55.9 Å². The van der Waals surface area contributed by atoms with E-state index in [0.717, 1.165) is 23.0 Å². The summed E-state index contributed by atoms with van der Waals surface area (Å²) in [4.78, 5) is 0. The Balaban J connectivity index is 2.18. The van der Waals surface area contributed by atoms with Crippen LogP contribution in [-0.4, -0.2) is 9.78 Å². The van der Waals surface area contributed by atoms with Gasteiger partial charge in [-0.15, -0.1) is 0 Å². The largest absolute Gasteiger partial charge is 0.272 e. The van der Waals surface area contributed by atoms with Gasteiger partial charge in [-0.2, -0.15) is 5.10 Å². The van der Waals surface area contributed by atoms with Crippen molar-refractivity contribution in [1.82, 2.24) is 15.2 Å². The molecule has 2 rings (SSSR count). The lowest BCUT2D eigenvalue weighted by atomic mass is 9.98. The van der Waals surface area contributed by atoms with Crippen LogP contribution >= 0.6 is 0 Å². The predicted molar refractivity (Wildman–Crippen MR) is 77.4 cm³/mol. The van der Waals surface area contributed by atoms with Crippen LogP contribution in [0.4, 0.5) is 8.78 Å². The van der Waals surface area contributed by atoms with Crippen molar-refractivity contribution in [2.45, 2.75) is 32.7 Å². The molecule has 0 aliphatic heterocycles. The van der Waals surface area contributed by atoms with Crippen LogP contribution in [0.1, 0.15) is 35.0 Å². The molecule has 0 spiro atoms. The van der Waals surface area contributed by atoms with Gasteiger partial charge in [0, 0.05) is 24.3 Å². The minimum atomic E-state index is -0.860. The molecule has 1 aromatic heterocycles. The van der Waals surface area contributed by atoms with Crippen molar-refractivity contribution in [3.05, 3.63) is 52.3 Å². The van der Waals surface area contributed by atoms with E-state index >= 15 is 0 Å². The van der Waals surface area contributed by atoms with Crippen LogP contribution in [0.15, 0.2) is 18.2 Å². The molecule has 0 amide bonds. The van der Waals surface area contributed by atoms with Crippen LogP contribution < -0.4 is 11.3 Å². The van der Waals surface area contributed by atoms with Gasteiger partial charge in [-0.05, 0) is 38.3 Å². The summed E-state index contributed by atoms with van der Waals surface area (Å²) >= 11 is 0. The van der Waals surface area contributed by atoms with Crippen molar-refractivity contribution in [2.75, 3.05) is 0 Å². The number of benzene rings is 1. The molecule has 1 atom stereocenters. The lowest BCUT2D eigenvalue weighted by molar-refractivity contribution is 0.452. The third-order valence-corrected chi connectivity index (χ3v) is 3.90. The summed E-state index contributed by atoms with van der Waals surface area (Å²) in [5.41, 5.74) is 5.96. The van der Waals surface area contributed by atoms with Crippen LogP contribution in [0.3, 0.4) is 0 Å². The lowest BCUT2D eigenvalue weighted by Crippen LogP contribution is -2.29. The van der Waals surface area contributed by atoms with Crippen LogP contribution in [0.2, 0.25) is 0 Å². The van der Waals surface area contributed by atoms with Crippen molar-refractivity contribution in [2.24, 2.45) is 12.9 Å². The molecule has 0 saturated carbocycles. The first-order valence-electron chi connectivity index (χ1n) is 6.84. The SMILES string of the molecule is Cc1nn(C)c(C)c1CCC(NN)c1cccc(F)c1F. The van der Waals surface area contributed by atoms with Crippen LogP contribution in [0.25, 0.3) is 0 Å². The van der Waals surface area contributed by atoms with Gasteiger partial charge < -0.3 is 0 Å². The number of rotatable bonds is 5. The fraction of sp³-hybridized carbons (Fsp3) is 0.400. The summed E-state index contributed by atoms with van der Waals surface area (Å²) < 4.78 is 29.0. The standard InChI is InChI=1S/C15H20F2N4/c1-9-11(10(2)21(3)20-9)7-8-14(19-18)12-5-4-6-13(16)15(12)17/h4-6,14,19H,7-8,18H2,1-3H3. The average molecular weight is 294 g/mol. The summed E-state index contributed by atoms with van der Waals surface area (Å²) in [5.74, 6) is 3.80. The number of aromatic nitrogens is 2. The molecule has 0 fully saturated rings. The Labute approximate surface area is 122 Å². The first kappa shape index (κ1) is 15.6. The number of hydrogen-bond acceptors (Lipinski definition) is 3. The zero-order chi connectivity index (χ0) is 15.6. The maximum Gasteiger partial charge on any atom is 0.163 e. The van der Waals surface area contributed by atoms with E-state index in [4.69, 9.17) is 5.84 Å². The smallest absolute Gasteiger partial charge is 0.163 e. The quantitative estimate of drug-likeness (QED) is 0.658. The Morgan fingerprint density at radius 2 is 2.05 bits per heavy atom. The predicted octanol–water partition coefficient (Wildman–Crippen LogP) is 2.45. The van der Waals surface area contributed by atoms with Gasteiger partial charge in [-0.25, -0.2) is 8.78 Å². The zero-order valence-corrected chi connectivity index (χ0v) is 12.5. The van der Waals surface area contributed by atoms with E-state index in [2.05, 4.69) is 10.5 Å². The first-order valence-corrected chi connectivity index (χ1v) is 6.84. The minimum absolute atomic E-state index is 0.247. The average Bonchev–Trinajstić information content (AvgIpc) is 2.69. The van der Waals surface area contributed by atoms with Crippen LogP contribution in [0, 0.1) is 25.5 Å². The summed E-state index contributed by atoms with van der Waals surface area (Å²) in [6.07, 6.45) is 1.25. The van der Waals surface area contributed by atoms with Crippen molar-refractivity contribution >= 4 is 0 Å². The van der Waals surface area contributed by atoms with Gasteiger partial charge in [0.25, 0.3) is 0 Å². The van der Waals surface area contributed by atoms with Crippen LogP contribution in [-0.2, 0) is 13.5 Å². The summed E-state index contributed by atoms with van der Waals surface area (Å²) in [7, 11) is 1.89. The Hall–Kier alpha value is -1.79. The molecule has 0 radical (unpaired) electrons. The second kappa shape index (κ2) is 6.32. The number of nitrogens with one attached hydrogen (secondary N) is 1. The summed E-state index contributed by atoms with van der Waals surface area (Å²) in [5, 5.41) is 4.35. The molecule has 0 bridgehead atoms. The highest BCUT2D eigenvalue weighted by Gasteiger charge is 2.18. The fourth-order valence-electron chi connectivity index (χ4n) is 2.59. The second-order valence-corrected chi connectivity index (χ2v) is 5.17. The minimum Gasteiger partial charge on any atom is -0.272 e. The van der Waals surface area contributed by atoms with E-state index in [-0.39, 0.29) is 5.56 Å². The summed E-state index contributed by atoms with van der Waals surface area (Å²) in [6, 6.07) is 3.69. The molecule has 6 heteroatoms. The number of halogens is 2. The van der Waals surface area contributed by atoms with Crippen molar-refractivity contribution in [3.8, 4) is 0 Å². The highest BCUT2D eigenvalue weighted by atomic mass is 19.2. The molecule has 0 aliphatic carbocycles. The van der Waals surface area contributed by atoms with E-state index in [1.54, 1.807) is 6.07 Å². The highest BCUT2D eigenvalue weighted by Crippen LogP contribution is 2.24. The molecule has 21 heavy (non-hydrogen) atoms. The van der Waals surface area contributed by atoms with E-state index in [1.165, 1.54) is 6.07 Å². The molecule has 3 N–H and O–H groups in total. The van der Waals surface area contributed by atoms with Gasteiger partial charge in [0.1, 0.15) is 0 Å². The lowest BCUT2D eigenvalue weighted by Gasteiger charge is -2.17. The number of nitrogens with two attached hydrogens (primary N) is 1. The maximum absolute atomic E-state index is 13.8. The zero-order valence-electron chi connectivity index (χ0n) is 12.5. The van der Waals surface area contributed by atoms with Gasteiger partial charge in [-0.3, -0.25) is 16.0 Å². The van der Waals surface area contributed by atoms with Gasteiger partial charge in [0.05, 0.1) is 5.69 Å². The molecule has 1 unspecified atom stereocenters. The Kier molecular flexibility index (Phi) is 4.69. The Bertz CT molecular complexity index is 637. The van der Waals surface area contributed by atoms with Crippen molar-refractivity contribution in [3.63, 3.8) is 0 Å². The van der Waals surface area contributed by atoms with Crippen LogP contribution in [0.5, 0.6) is 0 Å². The molecule has 4 nitrogen and oxygen atoms in total. The number of nitrogens with zero attached hydrogens (tertiary/aromatic N) is 2. The van der Waals surface area contributed by atoms with E-state index in [1.807, 2.05) is 25.6 Å². The molecule has 0 aliphatic rings. The molecule has 114 valence electrons. The Morgan fingerprint density at radius 1 is 1.33 bits per heavy atom. The van der Waals surface area contributed by atoms with Crippen molar-refractivity contribution < 1.29 is 8.78 Å². The molecule has 0 saturated heterocycles. The van der Waals surface area contributed by atoms with Gasteiger partial charge >= 0.3 is 0 Å². The third kappa shape index (κ3) is 3.11. The number of hydrogen-bond donors (Lipinski definition) is 2. The molecular formula is C15H20F2N4. The number of hydrazine groups is 1. The van der Waals surface area contributed by atoms with E-state index in [9.17, 15) is 8.78 Å². The first-order chi connectivity index (χ1) is 9.95. The molecule has 1 aromatic carbocycles. The van der Waals surface area contributed by atoms with E-state index in [0.29, 0.717) is 12.8 Å². The highest BCUT2D eigenvalue weighted by molar-refractivity contribution is 5.26. The summed E-state index contributed by atoms with van der Waals surface area (Å²) in [6.45, 7) is 3.93. The molecular weight excluding hydrogens is 274 g/mol. The van der Waals surface area contributed by atoms with Gasteiger partial charge in [0.2, 0.25) is 0 Å². The van der Waals surface area contributed by atoms with Crippen molar-refractivity contribution in [1.29, 1.82) is 0 Å². The number of aryl methyl sites for hydroxylation is 2. The molecule has 2 aromatic rings.